The molecule has 0 saturated carbocycles. The first-order valence-electron chi connectivity index (χ1n) is 8.25. The summed E-state index contributed by atoms with van der Waals surface area (Å²) < 4.78 is 0. The zero-order valence-corrected chi connectivity index (χ0v) is 15.7. The van der Waals surface area contributed by atoms with Gasteiger partial charge in [-0.3, -0.25) is 9.59 Å². The minimum absolute atomic E-state index is 0.0863. The Hall–Kier alpha value is -2.30. The normalized spacial score (nSPS) is 14.0. The maximum absolute atomic E-state index is 12.2. The van der Waals surface area contributed by atoms with Crippen LogP contribution in [0.4, 0.5) is 0 Å². The molecule has 0 fully saturated rings. The van der Waals surface area contributed by atoms with E-state index >= 15 is 0 Å². The van der Waals surface area contributed by atoms with E-state index in [0.29, 0.717) is 11.3 Å². The second-order valence-corrected chi connectivity index (χ2v) is 6.89. The first kappa shape index (κ1) is 22.7. The van der Waals surface area contributed by atoms with Gasteiger partial charge in [-0.1, -0.05) is 12.1 Å². The van der Waals surface area contributed by atoms with Gasteiger partial charge in [0, 0.05) is 0 Å². The van der Waals surface area contributed by atoms with Gasteiger partial charge in [0.15, 0.2) is 0 Å². The van der Waals surface area contributed by atoms with Crippen LogP contribution in [0.1, 0.15) is 12.0 Å². The molecular weight excluding hydrogens is 374 g/mol. The summed E-state index contributed by atoms with van der Waals surface area (Å²) in [6.45, 7) is -0.696. The highest BCUT2D eigenvalue weighted by Gasteiger charge is 2.27. The van der Waals surface area contributed by atoms with Crippen LogP contribution in [0.15, 0.2) is 24.3 Å². The molecule has 0 spiro atoms. The first-order valence-corrected chi connectivity index (χ1v) is 9.64. The van der Waals surface area contributed by atoms with E-state index in [1.165, 1.54) is 23.9 Å². The Morgan fingerprint density at radius 2 is 1.70 bits per heavy atom. The number of hydrogen-bond acceptors (Lipinski definition) is 7. The highest BCUT2D eigenvalue weighted by molar-refractivity contribution is 7.98. The fourth-order valence-corrected chi connectivity index (χ4v) is 2.69. The van der Waals surface area contributed by atoms with Crippen LogP contribution in [-0.4, -0.2) is 69.8 Å². The van der Waals surface area contributed by atoms with Gasteiger partial charge < -0.3 is 31.7 Å². The van der Waals surface area contributed by atoms with Crippen molar-refractivity contribution in [3.05, 3.63) is 29.8 Å². The minimum atomic E-state index is -1.31. The van der Waals surface area contributed by atoms with Crippen LogP contribution in [0.3, 0.4) is 0 Å². The summed E-state index contributed by atoms with van der Waals surface area (Å²) in [6.07, 6.45) is 2.19. The average molecular weight is 399 g/mol. The summed E-state index contributed by atoms with van der Waals surface area (Å²) in [5, 5.41) is 32.4. The van der Waals surface area contributed by atoms with Crippen molar-refractivity contribution in [2.24, 2.45) is 5.73 Å². The van der Waals surface area contributed by atoms with Gasteiger partial charge in [0.05, 0.1) is 12.6 Å². The number of aliphatic hydroxyl groups is 1. The van der Waals surface area contributed by atoms with E-state index in [1.807, 2.05) is 6.26 Å². The summed E-state index contributed by atoms with van der Waals surface area (Å²) in [7, 11) is 0. The lowest BCUT2D eigenvalue weighted by Crippen LogP contribution is -2.56. The van der Waals surface area contributed by atoms with E-state index in [9.17, 15) is 24.6 Å². The fourth-order valence-electron chi connectivity index (χ4n) is 2.22. The number of amides is 2. The minimum Gasteiger partial charge on any atom is -0.508 e. The lowest BCUT2D eigenvalue weighted by molar-refractivity contribution is -0.142. The van der Waals surface area contributed by atoms with E-state index < -0.39 is 42.5 Å². The van der Waals surface area contributed by atoms with E-state index in [1.54, 1.807) is 12.1 Å². The molecule has 3 atom stereocenters. The third-order valence-corrected chi connectivity index (χ3v) is 4.41. The van der Waals surface area contributed by atoms with Crippen LogP contribution in [0.25, 0.3) is 0 Å². The van der Waals surface area contributed by atoms with Crippen LogP contribution in [0.5, 0.6) is 5.75 Å². The predicted molar refractivity (Wildman–Crippen MR) is 101 cm³/mol. The molecule has 9 nitrogen and oxygen atoms in total. The number of aliphatic hydroxyl groups excluding tert-OH is 1. The number of thioether (sulfide) groups is 1. The number of nitrogens with two attached hydrogens (primary N) is 1. The Morgan fingerprint density at radius 1 is 1.11 bits per heavy atom. The maximum atomic E-state index is 12.2. The number of aromatic hydroxyl groups is 1. The SMILES string of the molecule is CSCCC(NC(=O)C(CO)NC(=O)C(N)Cc1ccc(O)cc1)C(=O)O. The highest BCUT2D eigenvalue weighted by atomic mass is 32.2. The molecule has 1 aromatic carbocycles. The highest BCUT2D eigenvalue weighted by Crippen LogP contribution is 2.11. The molecule has 0 aliphatic rings. The standard InChI is InChI=1S/C17H25N3O6S/c1-27-7-6-13(17(25)26)19-16(24)14(9-21)20-15(23)12(18)8-10-2-4-11(22)5-3-10/h2-5,12-14,21-22H,6-9,18H2,1H3,(H,19,24)(H,20,23)(H,25,26). The molecule has 10 heteroatoms. The predicted octanol–water partition coefficient (Wildman–Crippen LogP) is -0.938. The van der Waals surface area contributed by atoms with Crippen molar-refractivity contribution >= 4 is 29.5 Å². The number of carboxylic acids is 1. The third kappa shape index (κ3) is 7.85. The zero-order chi connectivity index (χ0) is 20.4. The second-order valence-electron chi connectivity index (χ2n) is 5.90. The van der Waals surface area contributed by atoms with Crippen molar-refractivity contribution in [2.75, 3.05) is 18.6 Å². The van der Waals surface area contributed by atoms with Crippen molar-refractivity contribution in [1.82, 2.24) is 10.6 Å². The van der Waals surface area contributed by atoms with Crippen LogP contribution in [0, 0.1) is 0 Å². The van der Waals surface area contributed by atoms with Gasteiger partial charge >= 0.3 is 5.97 Å². The number of rotatable bonds is 11. The quantitative estimate of drug-likeness (QED) is 0.278. The number of hydrogen-bond donors (Lipinski definition) is 6. The molecule has 0 bridgehead atoms. The van der Waals surface area contributed by atoms with Crippen molar-refractivity contribution < 1.29 is 29.7 Å². The largest absolute Gasteiger partial charge is 0.508 e. The summed E-state index contributed by atoms with van der Waals surface area (Å²) in [6, 6.07) is 2.75. The molecule has 0 saturated heterocycles. The molecule has 2 amide bonds. The molecule has 1 rings (SSSR count). The Labute approximate surface area is 161 Å². The van der Waals surface area contributed by atoms with Crippen molar-refractivity contribution in [3.63, 3.8) is 0 Å². The van der Waals surface area contributed by atoms with Crippen molar-refractivity contribution in [3.8, 4) is 5.75 Å². The number of carboxylic acid groups (broad SMARTS) is 1. The molecule has 0 aliphatic heterocycles. The third-order valence-electron chi connectivity index (χ3n) is 3.77. The number of carbonyl (C=O) groups is 3. The summed E-state index contributed by atoms with van der Waals surface area (Å²) >= 11 is 1.44. The van der Waals surface area contributed by atoms with Crippen molar-refractivity contribution in [2.45, 2.75) is 31.0 Å². The zero-order valence-electron chi connectivity index (χ0n) is 14.9. The Balaban J connectivity index is 2.63. The summed E-state index contributed by atoms with van der Waals surface area (Å²) in [5.41, 5.74) is 6.53. The van der Waals surface area contributed by atoms with E-state index in [0.717, 1.165) is 0 Å². The molecule has 27 heavy (non-hydrogen) atoms. The van der Waals surface area contributed by atoms with Gasteiger partial charge in [-0.2, -0.15) is 11.8 Å². The fraction of sp³-hybridized carbons (Fsp3) is 0.471. The molecule has 7 N–H and O–H groups in total. The number of aliphatic carboxylic acids is 1. The average Bonchev–Trinajstić information content (AvgIpc) is 2.64. The Morgan fingerprint density at radius 3 is 2.22 bits per heavy atom. The van der Waals surface area contributed by atoms with Gasteiger partial charge in [0.2, 0.25) is 11.8 Å². The van der Waals surface area contributed by atoms with Gasteiger partial charge in [-0.05, 0) is 42.5 Å². The number of phenols is 1. The molecule has 3 unspecified atom stereocenters. The van der Waals surface area contributed by atoms with E-state index in [-0.39, 0.29) is 18.6 Å². The van der Waals surface area contributed by atoms with Crippen LogP contribution in [0.2, 0.25) is 0 Å². The van der Waals surface area contributed by atoms with Crippen LogP contribution >= 0.6 is 11.8 Å². The molecule has 0 aliphatic carbocycles. The van der Waals surface area contributed by atoms with Gasteiger partial charge in [0.1, 0.15) is 17.8 Å². The maximum Gasteiger partial charge on any atom is 0.326 e. The van der Waals surface area contributed by atoms with E-state index in [2.05, 4.69) is 10.6 Å². The molecule has 150 valence electrons. The van der Waals surface area contributed by atoms with Crippen LogP contribution in [-0.2, 0) is 20.8 Å². The molecule has 0 radical (unpaired) electrons. The number of phenolic OH excluding ortho intramolecular Hbond substituents is 1. The summed E-state index contributed by atoms with van der Waals surface area (Å²) in [4.78, 5) is 35.6. The molecule has 0 aromatic heterocycles. The number of benzene rings is 1. The lowest BCUT2D eigenvalue weighted by atomic mass is 10.1. The lowest BCUT2D eigenvalue weighted by Gasteiger charge is -2.21. The van der Waals surface area contributed by atoms with Gasteiger partial charge in [0.25, 0.3) is 0 Å². The molecule has 0 heterocycles. The Kier molecular flexibility index (Phi) is 9.62. The smallest absolute Gasteiger partial charge is 0.326 e. The van der Waals surface area contributed by atoms with E-state index in [4.69, 9.17) is 10.8 Å². The van der Waals surface area contributed by atoms with Gasteiger partial charge in [-0.25, -0.2) is 4.79 Å². The van der Waals surface area contributed by atoms with Crippen molar-refractivity contribution in [1.29, 1.82) is 0 Å². The van der Waals surface area contributed by atoms with Crippen LogP contribution < -0.4 is 16.4 Å². The first-order chi connectivity index (χ1) is 12.8. The molecular formula is C17H25N3O6S. The monoisotopic (exact) mass is 399 g/mol. The number of carbonyl (C=O) groups excluding carboxylic acids is 2. The van der Waals surface area contributed by atoms with Gasteiger partial charge in [-0.15, -0.1) is 0 Å². The topological polar surface area (TPSA) is 162 Å². The Bertz CT molecular complexity index is 640. The summed E-state index contributed by atoms with van der Waals surface area (Å²) in [5.74, 6) is -2.03. The number of nitrogens with one attached hydrogen (secondary N) is 2. The second kappa shape index (κ2) is 11.4. The molecule has 1 aromatic rings.